The zero-order chi connectivity index (χ0) is 16.6. The lowest BCUT2D eigenvalue weighted by atomic mass is 9.69. The fourth-order valence-corrected chi connectivity index (χ4v) is 4.50. The van der Waals surface area contributed by atoms with Crippen LogP contribution in [0.15, 0.2) is 12.1 Å². The third-order valence-electron chi connectivity index (χ3n) is 5.66. The largest absolute Gasteiger partial charge is 0.490 e. The molecule has 0 aliphatic heterocycles. The molecule has 2 fully saturated rings. The summed E-state index contributed by atoms with van der Waals surface area (Å²) in [5.74, 6) is 1.02. The molecule has 0 saturated heterocycles. The summed E-state index contributed by atoms with van der Waals surface area (Å²) in [6.07, 6.45) is 7.91. The van der Waals surface area contributed by atoms with E-state index in [4.69, 9.17) is 16.3 Å². The summed E-state index contributed by atoms with van der Waals surface area (Å²) in [4.78, 5) is 11.3. The van der Waals surface area contributed by atoms with Crippen molar-refractivity contribution in [2.24, 2.45) is 5.92 Å². The van der Waals surface area contributed by atoms with E-state index in [9.17, 15) is 4.79 Å². The lowest BCUT2D eigenvalue weighted by Crippen LogP contribution is -2.37. The van der Waals surface area contributed by atoms with Gasteiger partial charge in [-0.1, -0.05) is 37.8 Å². The average molecular weight is 353 g/mol. The first kappa shape index (κ1) is 17.2. The van der Waals surface area contributed by atoms with Crippen LogP contribution in [-0.2, 0) is 10.2 Å². The van der Waals surface area contributed by atoms with Crippen molar-refractivity contribution < 1.29 is 9.53 Å². The Morgan fingerprint density at radius 3 is 2.52 bits per heavy atom. The number of benzene rings is 1. The van der Waals surface area contributed by atoms with Crippen molar-refractivity contribution in [1.29, 1.82) is 0 Å². The topological polar surface area (TPSA) is 26.3 Å². The van der Waals surface area contributed by atoms with Gasteiger partial charge < -0.3 is 4.74 Å². The highest BCUT2D eigenvalue weighted by Gasteiger charge is 2.38. The maximum absolute atomic E-state index is 11.3. The molecule has 0 amide bonds. The Kier molecular flexibility index (Phi) is 4.98. The molecule has 0 atom stereocenters. The maximum Gasteiger partial charge on any atom is 0.189 e. The summed E-state index contributed by atoms with van der Waals surface area (Å²) in [6.45, 7) is 4.45. The Hall–Kier alpha value is -0.670. The van der Waals surface area contributed by atoms with E-state index in [0.29, 0.717) is 0 Å². The molecule has 1 aromatic carbocycles. The second kappa shape index (κ2) is 6.68. The summed E-state index contributed by atoms with van der Waals surface area (Å²) < 4.78 is 6.27. The van der Waals surface area contributed by atoms with Gasteiger partial charge in [0.05, 0.1) is 0 Å². The monoisotopic (exact) mass is 352 g/mol. The predicted molar refractivity (Wildman–Crippen MR) is 97.8 cm³/mol. The van der Waals surface area contributed by atoms with Gasteiger partial charge in [0.15, 0.2) is 5.12 Å². The maximum atomic E-state index is 11.3. The average Bonchev–Trinajstić information content (AvgIpc) is 2.46. The molecule has 23 heavy (non-hydrogen) atoms. The molecule has 1 aromatic rings. The molecule has 2 aliphatic rings. The number of hydrogen-bond donors (Lipinski definition) is 1. The number of hydrogen-bond acceptors (Lipinski definition) is 2. The Labute approximate surface area is 149 Å². The van der Waals surface area contributed by atoms with Crippen LogP contribution in [0.3, 0.4) is 0 Å². The van der Waals surface area contributed by atoms with Crippen LogP contribution < -0.4 is 4.74 Å². The van der Waals surface area contributed by atoms with Crippen molar-refractivity contribution >= 4 is 29.3 Å². The minimum absolute atomic E-state index is 0.0170. The van der Waals surface area contributed by atoms with Crippen LogP contribution in [-0.4, -0.2) is 11.2 Å². The van der Waals surface area contributed by atoms with E-state index >= 15 is 0 Å². The van der Waals surface area contributed by atoms with E-state index in [0.717, 1.165) is 29.2 Å². The first-order valence-corrected chi connectivity index (χ1v) is 9.42. The van der Waals surface area contributed by atoms with E-state index in [2.05, 4.69) is 26.5 Å². The van der Waals surface area contributed by atoms with Crippen molar-refractivity contribution in [3.63, 3.8) is 0 Å². The van der Waals surface area contributed by atoms with E-state index in [-0.39, 0.29) is 22.6 Å². The van der Waals surface area contributed by atoms with Crippen LogP contribution in [0, 0.1) is 12.8 Å². The number of rotatable bonds is 4. The van der Waals surface area contributed by atoms with E-state index in [1.165, 1.54) is 37.7 Å². The molecule has 2 aliphatic carbocycles. The number of ether oxygens (including phenoxy) is 1. The molecule has 0 aromatic heterocycles. The van der Waals surface area contributed by atoms with Crippen molar-refractivity contribution in [2.75, 3.05) is 0 Å². The van der Waals surface area contributed by atoms with Crippen LogP contribution in [0.2, 0.25) is 5.02 Å². The molecular weight excluding hydrogens is 328 g/mol. The number of carbonyl (C=O) groups excluding carboxylic acids is 1. The quantitative estimate of drug-likeness (QED) is 0.726. The van der Waals surface area contributed by atoms with Crippen LogP contribution in [0.5, 0.6) is 5.75 Å². The minimum Gasteiger partial charge on any atom is -0.490 e. The molecule has 4 heteroatoms. The molecule has 0 spiro atoms. The van der Waals surface area contributed by atoms with Gasteiger partial charge in [0, 0.05) is 16.5 Å². The molecule has 0 heterocycles. The van der Waals surface area contributed by atoms with Crippen molar-refractivity contribution in [2.45, 2.75) is 70.3 Å². The van der Waals surface area contributed by atoms with Gasteiger partial charge in [-0.25, -0.2) is 0 Å². The Balaban J connectivity index is 1.86. The molecule has 2 saturated carbocycles. The zero-order valence-electron chi connectivity index (χ0n) is 13.9. The third kappa shape index (κ3) is 3.41. The predicted octanol–water partition coefficient (Wildman–Crippen LogP) is 5.48. The van der Waals surface area contributed by atoms with E-state index in [1.807, 2.05) is 12.1 Å². The van der Waals surface area contributed by atoms with Gasteiger partial charge in [0.25, 0.3) is 0 Å². The summed E-state index contributed by atoms with van der Waals surface area (Å²) in [5.41, 5.74) is 2.57. The third-order valence-corrected chi connectivity index (χ3v) is 6.43. The molecule has 0 bridgehead atoms. The fraction of sp³-hybridized carbons (Fsp3) is 0.632. The number of thiol groups is 1. The van der Waals surface area contributed by atoms with Gasteiger partial charge in [-0.2, -0.15) is 0 Å². The lowest BCUT2D eigenvalue weighted by Gasteiger charge is -2.39. The Bertz CT molecular complexity index is 602. The fourth-order valence-electron chi connectivity index (χ4n) is 4.13. The Morgan fingerprint density at radius 1 is 1.26 bits per heavy atom. The van der Waals surface area contributed by atoms with Gasteiger partial charge in [-0.05, 0) is 55.7 Å². The van der Waals surface area contributed by atoms with Crippen LogP contribution in [0.1, 0.15) is 63.0 Å². The second-order valence-electron chi connectivity index (χ2n) is 7.41. The normalized spacial score (nSPS) is 26.4. The molecule has 3 rings (SSSR count). The molecule has 2 nitrogen and oxygen atoms in total. The molecule has 0 N–H and O–H groups in total. The number of halogens is 1. The molecular formula is C19H25ClO2S. The highest BCUT2D eigenvalue weighted by atomic mass is 35.5. The van der Waals surface area contributed by atoms with Crippen molar-refractivity contribution in [1.82, 2.24) is 0 Å². The lowest BCUT2D eigenvalue weighted by molar-refractivity contribution is -0.119. The number of carbonyl (C=O) groups is 1. The SMILES string of the molecule is Cc1c(Cl)ccc(OC2CC(C(=O)S)C2)c1C1(C)CCCCC1. The second-order valence-corrected chi connectivity index (χ2v) is 8.26. The van der Waals surface area contributed by atoms with Gasteiger partial charge >= 0.3 is 0 Å². The summed E-state index contributed by atoms with van der Waals surface area (Å²) in [6, 6.07) is 3.95. The zero-order valence-corrected chi connectivity index (χ0v) is 15.6. The minimum atomic E-state index is -0.0170. The summed E-state index contributed by atoms with van der Waals surface area (Å²) >= 11 is 10.3. The van der Waals surface area contributed by atoms with Gasteiger partial charge in [0.2, 0.25) is 0 Å². The van der Waals surface area contributed by atoms with Gasteiger partial charge in [-0.15, -0.1) is 12.6 Å². The molecule has 0 unspecified atom stereocenters. The van der Waals surface area contributed by atoms with Crippen LogP contribution in [0.25, 0.3) is 0 Å². The first-order valence-electron chi connectivity index (χ1n) is 8.60. The Morgan fingerprint density at radius 2 is 1.91 bits per heavy atom. The molecule has 0 radical (unpaired) electrons. The van der Waals surface area contributed by atoms with Crippen LogP contribution in [0.4, 0.5) is 0 Å². The van der Waals surface area contributed by atoms with Gasteiger partial charge in [-0.3, -0.25) is 4.79 Å². The molecule has 126 valence electrons. The van der Waals surface area contributed by atoms with Crippen molar-refractivity contribution in [3.8, 4) is 5.75 Å². The van der Waals surface area contributed by atoms with E-state index < -0.39 is 0 Å². The van der Waals surface area contributed by atoms with Gasteiger partial charge in [0.1, 0.15) is 11.9 Å². The standard InChI is InChI=1S/C19H25ClO2S/c1-12-15(20)6-7-16(22-14-10-13(11-14)18(21)23)17(12)19(2)8-4-3-5-9-19/h6-7,13-14H,3-5,8-11H2,1-2H3,(H,21,23). The first-order chi connectivity index (χ1) is 10.9. The van der Waals surface area contributed by atoms with Crippen molar-refractivity contribution in [3.05, 3.63) is 28.3 Å². The summed E-state index contributed by atoms with van der Waals surface area (Å²) in [7, 11) is 0. The summed E-state index contributed by atoms with van der Waals surface area (Å²) in [5, 5.41) is 0.799. The highest BCUT2D eigenvalue weighted by Crippen LogP contribution is 2.47. The van der Waals surface area contributed by atoms with E-state index in [1.54, 1.807) is 0 Å². The van der Waals surface area contributed by atoms with Crippen LogP contribution >= 0.6 is 24.2 Å². The highest BCUT2D eigenvalue weighted by molar-refractivity contribution is 7.96. The smallest absolute Gasteiger partial charge is 0.189 e.